The summed E-state index contributed by atoms with van der Waals surface area (Å²) in [7, 11) is 0. The Morgan fingerprint density at radius 2 is 2.41 bits per heavy atom. The summed E-state index contributed by atoms with van der Waals surface area (Å²) in [6.07, 6.45) is -0.124. The topological polar surface area (TPSA) is 73.1 Å². The van der Waals surface area contributed by atoms with Crippen molar-refractivity contribution in [1.29, 1.82) is 0 Å². The molecule has 17 heavy (non-hydrogen) atoms. The van der Waals surface area contributed by atoms with Crippen molar-refractivity contribution in [1.82, 2.24) is 20.4 Å². The van der Waals surface area contributed by atoms with Crippen molar-refractivity contribution in [2.24, 2.45) is 0 Å². The lowest BCUT2D eigenvalue weighted by molar-refractivity contribution is 0.0208. The molecular weight excluding hydrogens is 240 g/mol. The molecule has 1 fully saturated rings. The Labute approximate surface area is 102 Å². The minimum Gasteiger partial charge on any atom is -0.367 e. The van der Waals surface area contributed by atoms with Crippen molar-refractivity contribution < 1.29 is 9.26 Å². The second kappa shape index (κ2) is 4.52. The van der Waals surface area contributed by atoms with Gasteiger partial charge >= 0.3 is 0 Å². The van der Waals surface area contributed by atoms with Crippen molar-refractivity contribution in [3.05, 3.63) is 16.2 Å². The lowest BCUT2D eigenvalue weighted by atomic mass is 10.3. The number of ether oxygens (including phenoxy) is 1. The van der Waals surface area contributed by atoms with Crippen LogP contribution in [0.25, 0.3) is 11.6 Å². The number of aromatic nitrogens is 3. The van der Waals surface area contributed by atoms with Crippen LogP contribution in [0.5, 0.6) is 0 Å². The molecule has 1 aliphatic heterocycles. The van der Waals surface area contributed by atoms with E-state index >= 15 is 0 Å². The van der Waals surface area contributed by atoms with Crippen molar-refractivity contribution in [2.45, 2.75) is 13.0 Å². The molecule has 6 nitrogen and oxygen atoms in total. The molecule has 1 aliphatic rings. The molecule has 3 rings (SSSR count). The Morgan fingerprint density at radius 1 is 1.47 bits per heavy atom. The predicted octanol–water partition coefficient (Wildman–Crippen LogP) is 1.16. The van der Waals surface area contributed by atoms with Gasteiger partial charge < -0.3 is 14.6 Å². The first-order valence-corrected chi connectivity index (χ1v) is 6.29. The van der Waals surface area contributed by atoms with Crippen LogP contribution in [0.1, 0.15) is 16.9 Å². The number of nitrogens with one attached hydrogen (secondary N) is 1. The third kappa shape index (κ3) is 2.21. The number of hydrogen-bond acceptors (Lipinski definition) is 7. The van der Waals surface area contributed by atoms with Crippen LogP contribution in [0.15, 0.2) is 9.90 Å². The van der Waals surface area contributed by atoms with E-state index in [1.54, 1.807) is 11.3 Å². The Kier molecular flexibility index (Phi) is 2.87. The fourth-order valence-corrected chi connectivity index (χ4v) is 2.25. The van der Waals surface area contributed by atoms with E-state index in [0.717, 1.165) is 23.8 Å². The van der Waals surface area contributed by atoms with Gasteiger partial charge in [-0.1, -0.05) is 5.16 Å². The molecule has 0 aliphatic carbocycles. The molecule has 7 heteroatoms. The highest BCUT2D eigenvalue weighted by molar-refractivity contribution is 7.09. The van der Waals surface area contributed by atoms with E-state index in [1.165, 1.54) is 0 Å². The standard InChI is InChI=1S/C10H12N4O2S/c1-6-12-7(5-17-6)10-13-9(14-16-10)8-4-11-2-3-15-8/h5,8,11H,2-4H2,1H3. The molecular formula is C10H12N4O2S. The zero-order valence-corrected chi connectivity index (χ0v) is 10.2. The second-order valence-electron chi connectivity index (χ2n) is 3.77. The van der Waals surface area contributed by atoms with Gasteiger partial charge in [0.25, 0.3) is 5.89 Å². The molecule has 2 aromatic rings. The molecule has 3 heterocycles. The monoisotopic (exact) mass is 252 g/mol. The SMILES string of the molecule is Cc1nc(-c2nc(C3CNCCO3)no2)cs1. The molecule has 1 N–H and O–H groups in total. The van der Waals surface area contributed by atoms with Gasteiger partial charge in [-0.3, -0.25) is 0 Å². The smallest absolute Gasteiger partial charge is 0.277 e. The highest BCUT2D eigenvalue weighted by Crippen LogP contribution is 2.22. The van der Waals surface area contributed by atoms with Gasteiger partial charge in [-0.05, 0) is 6.92 Å². The quantitative estimate of drug-likeness (QED) is 0.864. The average Bonchev–Trinajstić information content (AvgIpc) is 2.98. The fourth-order valence-electron chi connectivity index (χ4n) is 1.66. The van der Waals surface area contributed by atoms with E-state index in [4.69, 9.17) is 9.26 Å². The van der Waals surface area contributed by atoms with Gasteiger partial charge in [0.2, 0.25) is 5.82 Å². The Bertz CT molecular complexity index is 504. The summed E-state index contributed by atoms with van der Waals surface area (Å²) < 4.78 is 10.7. The van der Waals surface area contributed by atoms with E-state index < -0.39 is 0 Å². The van der Waals surface area contributed by atoms with Crippen molar-refractivity contribution in [3.8, 4) is 11.6 Å². The first-order chi connectivity index (χ1) is 8.33. The van der Waals surface area contributed by atoms with Gasteiger partial charge in [0.15, 0.2) is 0 Å². The molecule has 0 bridgehead atoms. The third-order valence-electron chi connectivity index (χ3n) is 2.50. The molecule has 0 amide bonds. The molecule has 2 aromatic heterocycles. The number of morpholine rings is 1. The van der Waals surface area contributed by atoms with Crippen LogP contribution in [-0.4, -0.2) is 34.8 Å². The Morgan fingerprint density at radius 3 is 3.12 bits per heavy atom. The van der Waals surface area contributed by atoms with Crippen LogP contribution in [0.3, 0.4) is 0 Å². The zero-order valence-electron chi connectivity index (χ0n) is 9.34. The summed E-state index contributed by atoms with van der Waals surface area (Å²) in [4.78, 5) is 8.62. The maximum atomic E-state index is 5.55. The van der Waals surface area contributed by atoms with Crippen LogP contribution in [-0.2, 0) is 4.74 Å². The van der Waals surface area contributed by atoms with Gasteiger partial charge in [0.05, 0.1) is 11.6 Å². The number of nitrogens with zero attached hydrogens (tertiary/aromatic N) is 3. The first kappa shape index (κ1) is 10.8. The minimum atomic E-state index is -0.124. The first-order valence-electron chi connectivity index (χ1n) is 5.41. The summed E-state index contributed by atoms with van der Waals surface area (Å²) in [6.45, 7) is 4.20. The van der Waals surface area contributed by atoms with Crippen LogP contribution in [0.2, 0.25) is 0 Å². The third-order valence-corrected chi connectivity index (χ3v) is 3.27. The van der Waals surface area contributed by atoms with Gasteiger partial charge in [-0.15, -0.1) is 11.3 Å². The van der Waals surface area contributed by atoms with Crippen LogP contribution < -0.4 is 5.32 Å². The van der Waals surface area contributed by atoms with Gasteiger partial charge in [0.1, 0.15) is 11.8 Å². The lowest BCUT2D eigenvalue weighted by Gasteiger charge is -2.20. The van der Waals surface area contributed by atoms with E-state index in [0.29, 0.717) is 18.3 Å². The number of thiazole rings is 1. The predicted molar refractivity (Wildman–Crippen MR) is 61.7 cm³/mol. The molecule has 1 atom stereocenters. The molecule has 0 aromatic carbocycles. The van der Waals surface area contributed by atoms with Crippen LogP contribution >= 0.6 is 11.3 Å². The van der Waals surface area contributed by atoms with E-state index in [-0.39, 0.29) is 6.10 Å². The number of rotatable bonds is 2. The Balaban J connectivity index is 1.82. The molecule has 0 radical (unpaired) electrons. The van der Waals surface area contributed by atoms with Crippen LogP contribution in [0.4, 0.5) is 0 Å². The van der Waals surface area contributed by atoms with Crippen molar-refractivity contribution in [2.75, 3.05) is 19.7 Å². The van der Waals surface area contributed by atoms with Crippen LogP contribution in [0, 0.1) is 6.92 Å². The number of hydrogen-bond donors (Lipinski definition) is 1. The van der Waals surface area contributed by atoms with Crippen molar-refractivity contribution in [3.63, 3.8) is 0 Å². The summed E-state index contributed by atoms with van der Waals surface area (Å²) >= 11 is 1.56. The molecule has 1 saturated heterocycles. The van der Waals surface area contributed by atoms with Gasteiger partial charge in [0, 0.05) is 18.5 Å². The molecule has 1 unspecified atom stereocenters. The minimum absolute atomic E-state index is 0.124. The fraction of sp³-hybridized carbons (Fsp3) is 0.500. The molecule has 90 valence electrons. The second-order valence-corrected chi connectivity index (χ2v) is 4.84. The van der Waals surface area contributed by atoms with E-state index in [2.05, 4.69) is 20.4 Å². The average molecular weight is 252 g/mol. The highest BCUT2D eigenvalue weighted by atomic mass is 32.1. The Hall–Kier alpha value is -1.31. The van der Waals surface area contributed by atoms with Crippen molar-refractivity contribution >= 4 is 11.3 Å². The zero-order chi connectivity index (χ0) is 11.7. The van der Waals surface area contributed by atoms with Gasteiger partial charge in [-0.2, -0.15) is 4.98 Å². The normalized spacial score (nSPS) is 20.6. The molecule has 0 saturated carbocycles. The van der Waals surface area contributed by atoms with Gasteiger partial charge in [-0.25, -0.2) is 4.98 Å². The summed E-state index contributed by atoms with van der Waals surface area (Å²) in [5, 5.41) is 10.1. The maximum Gasteiger partial charge on any atom is 0.277 e. The summed E-state index contributed by atoms with van der Waals surface area (Å²) in [5.41, 5.74) is 0.731. The molecule has 0 spiro atoms. The maximum absolute atomic E-state index is 5.55. The summed E-state index contributed by atoms with van der Waals surface area (Å²) in [5.74, 6) is 1.04. The summed E-state index contributed by atoms with van der Waals surface area (Å²) in [6, 6.07) is 0. The van der Waals surface area contributed by atoms with E-state index in [9.17, 15) is 0 Å². The van der Waals surface area contributed by atoms with E-state index in [1.807, 2.05) is 12.3 Å². The lowest BCUT2D eigenvalue weighted by Crippen LogP contribution is -2.33. The highest BCUT2D eigenvalue weighted by Gasteiger charge is 2.22. The largest absolute Gasteiger partial charge is 0.367 e. The number of aryl methyl sites for hydroxylation is 1.